The van der Waals surface area contributed by atoms with Crippen LogP contribution in [0.3, 0.4) is 0 Å². The standard InChI is InChI=1S/C4H4O2S/c5-3-1-4(7)6-2-3/h1-2H2. The Balaban J connectivity index is 2.55. The van der Waals surface area contributed by atoms with Gasteiger partial charge in [-0.05, 0) is 12.2 Å². The van der Waals surface area contributed by atoms with Crippen LogP contribution in [-0.4, -0.2) is 17.4 Å². The SMILES string of the molecule is O=C1COC(=S)C1. The average Bonchev–Trinajstić information content (AvgIpc) is 1.87. The molecule has 0 N–H and O–H groups in total. The van der Waals surface area contributed by atoms with E-state index in [0.29, 0.717) is 11.5 Å². The largest absolute Gasteiger partial charge is 0.479 e. The summed E-state index contributed by atoms with van der Waals surface area (Å²) in [4.78, 5) is 10.2. The smallest absolute Gasteiger partial charge is 0.178 e. The molecule has 1 fully saturated rings. The van der Waals surface area contributed by atoms with Crippen molar-refractivity contribution in [3.63, 3.8) is 0 Å². The molecule has 0 spiro atoms. The number of hydrogen-bond donors (Lipinski definition) is 0. The van der Waals surface area contributed by atoms with Crippen molar-refractivity contribution in [3.05, 3.63) is 0 Å². The highest BCUT2D eigenvalue weighted by Crippen LogP contribution is 2.00. The molecule has 3 heteroatoms. The molecule has 0 radical (unpaired) electrons. The summed E-state index contributed by atoms with van der Waals surface area (Å²) in [5.41, 5.74) is 0. The van der Waals surface area contributed by atoms with Gasteiger partial charge in [0, 0.05) is 0 Å². The van der Waals surface area contributed by atoms with Crippen molar-refractivity contribution in [2.45, 2.75) is 6.42 Å². The van der Waals surface area contributed by atoms with Crippen LogP contribution in [0.15, 0.2) is 0 Å². The van der Waals surface area contributed by atoms with Crippen molar-refractivity contribution in [2.24, 2.45) is 0 Å². The number of thiocarbonyl (C=S) groups is 1. The molecule has 7 heavy (non-hydrogen) atoms. The van der Waals surface area contributed by atoms with E-state index in [1.165, 1.54) is 0 Å². The predicted molar refractivity (Wildman–Crippen MR) is 28.2 cm³/mol. The quantitative estimate of drug-likeness (QED) is 0.426. The van der Waals surface area contributed by atoms with Gasteiger partial charge in [-0.15, -0.1) is 0 Å². The van der Waals surface area contributed by atoms with Crippen LogP contribution in [0.4, 0.5) is 0 Å². The topological polar surface area (TPSA) is 26.3 Å². The molecular formula is C4H4O2S. The van der Waals surface area contributed by atoms with Gasteiger partial charge in [-0.3, -0.25) is 4.79 Å². The molecular weight excluding hydrogens is 112 g/mol. The molecule has 1 rings (SSSR count). The molecule has 0 atom stereocenters. The van der Waals surface area contributed by atoms with Gasteiger partial charge in [-0.2, -0.15) is 0 Å². The van der Waals surface area contributed by atoms with Crippen molar-refractivity contribution in [3.8, 4) is 0 Å². The van der Waals surface area contributed by atoms with Gasteiger partial charge in [0.1, 0.15) is 6.61 Å². The number of carbonyl (C=O) groups is 1. The number of Topliss-reactive ketones (excluding diaryl/α,β-unsaturated/α-hetero) is 1. The fourth-order valence-electron chi connectivity index (χ4n) is 0.424. The summed E-state index contributed by atoms with van der Waals surface area (Å²) in [6, 6.07) is 0. The second kappa shape index (κ2) is 1.58. The lowest BCUT2D eigenvalue weighted by Crippen LogP contribution is -1.91. The van der Waals surface area contributed by atoms with Gasteiger partial charge in [-0.1, -0.05) is 0 Å². The molecule has 38 valence electrons. The summed E-state index contributed by atoms with van der Waals surface area (Å²) in [6.07, 6.45) is 0.343. The zero-order chi connectivity index (χ0) is 5.28. The third-order valence-electron chi connectivity index (χ3n) is 0.736. The van der Waals surface area contributed by atoms with E-state index in [1.54, 1.807) is 0 Å². The molecule has 0 aliphatic carbocycles. The fourth-order valence-corrected chi connectivity index (χ4v) is 0.644. The van der Waals surface area contributed by atoms with Gasteiger partial charge >= 0.3 is 0 Å². The Morgan fingerprint density at radius 3 is 2.57 bits per heavy atom. The molecule has 0 aromatic rings. The first-order chi connectivity index (χ1) is 3.29. The Morgan fingerprint density at radius 1 is 1.71 bits per heavy atom. The van der Waals surface area contributed by atoms with Gasteiger partial charge in [-0.25, -0.2) is 0 Å². The van der Waals surface area contributed by atoms with E-state index in [2.05, 4.69) is 17.0 Å². The van der Waals surface area contributed by atoms with E-state index in [-0.39, 0.29) is 12.4 Å². The minimum atomic E-state index is 0.0880. The molecule has 0 aromatic heterocycles. The van der Waals surface area contributed by atoms with E-state index < -0.39 is 0 Å². The van der Waals surface area contributed by atoms with Gasteiger partial charge < -0.3 is 4.74 Å². The van der Waals surface area contributed by atoms with Crippen LogP contribution in [0.2, 0.25) is 0 Å². The lowest BCUT2D eigenvalue weighted by molar-refractivity contribution is -0.117. The number of ether oxygens (including phenoxy) is 1. The Kier molecular flexibility index (Phi) is 1.06. The van der Waals surface area contributed by atoms with Crippen LogP contribution in [0.1, 0.15) is 6.42 Å². The zero-order valence-corrected chi connectivity index (χ0v) is 4.46. The van der Waals surface area contributed by atoms with E-state index in [9.17, 15) is 4.79 Å². The highest BCUT2D eigenvalue weighted by Gasteiger charge is 2.15. The maximum atomic E-state index is 10.2. The van der Waals surface area contributed by atoms with Crippen molar-refractivity contribution in [2.75, 3.05) is 6.61 Å². The summed E-state index contributed by atoms with van der Waals surface area (Å²) >= 11 is 4.55. The van der Waals surface area contributed by atoms with Crippen LogP contribution in [-0.2, 0) is 9.53 Å². The van der Waals surface area contributed by atoms with E-state index >= 15 is 0 Å². The molecule has 0 aromatic carbocycles. The fraction of sp³-hybridized carbons (Fsp3) is 0.500. The highest BCUT2D eigenvalue weighted by molar-refractivity contribution is 7.80. The zero-order valence-electron chi connectivity index (χ0n) is 3.64. The van der Waals surface area contributed by atoms with E-state index in [1.807, 2.05) is 0 Å². The second-order valence-corrected chi connectivity index (χ2v) is 1.83. The lowest BCUT2D eigenvalue weighted by Gasteiger charge is -1.83. The molecule has 1 aliphatic heterocycles. The highest BCUT2D eigenvalue weighted by atomic mass is 32.1. The summed E-state index contributed by atoms with van der Waals surface area (Å²) < 4.78 is 4.65. The number of carbonyl (C=O) groups excluding carboxylic acids is 1. The predicted octanol–water partition coefficient (Wildman–Crippen LogP) is 0.303. The van der Waals surface area contributed by atoms with Crippen LogP contribution in [0.5, 0.6) is 0 Å². The first-order valence-electron chi connectivity index (χ1n) is 1.96. The third-order valence-corrected chi connectivity index (χ3v) is 0.998. The van der Waals surface area contributed by atoms with Crippen molar-refractivity contribution < 1.29 is 9.53 Å². The normalized spacial score (nSPS) is 20.0. The van der Waals surface area contributed by atoms with Crippen molar-refractivity contribution >= 4 is 23.1 Å². The molecule has 1 saturated heterocycles. The summed E-state index contributed by atoms with van der Waals surface area (Å²) in [5.74, 6) is 0.0880. The van der Waals surface area contributed by atoms with E-state index in [4.69, 9.17) is 0 Å². The maximum Gasteiger partial charge on any atom is 0.178 e. The van der Waals surface area contributed by atoms with Crippen LogP contribution in [0, 0.1) is 0 Å². The molecule has 1 heterocycles. The lowest BCUT2D eigenvalue weighted by atomic mass is 10.4. The monoisotopic (exact) mass is 116 g/mol. The Labute approximate surface area is 46.5 Å². The number of rotatable bonds is 0. The number of hydrogen-bond acceptors (Lipinski definition) is 3. The Bertz CT molecular complexity index is 105. The third kappa shape index (κ3) is 0.962. The molecule has 0 amide bonds. The maximum absolute atomic E-state index is 10.2. The molecule has 0 saturated carbocycles. The summed E-state index contributed by atoms with van der Waals surface area (Å²) in [5, 5.41) is 0.435. The molecule has 0 unspecified atom stereocenters. The molecule has 1 aliphatic rings. The van der Waals surface area contributed by atoms with Crippen molar-refractivity contribution in [1.29, 1.82) is 0 Å². The summed E-state index contributed by atoms with van der Waals surface area (Å²) in [7, 11) is 0. The Hall–Kier alpha value is -0.440. The molecule has 2 nitrogen and oxygen atoms in total. The van der Waals surface area contributed by atoms with Gasteiger partial charge in [0.2, 0.25) is 0 Å². The van der Waals surface area contributed by atoms with E-state index in [0.717, 1.165) is 0 Å². The van der Waals surface area contributed by atoms with Crippen LogP contribution >= 0.6 is 12.2 Å². The second-order valence-electron chi connectivity index (χ2n) is 1.38. The minimum absolute atomic E-state index is 0.0880. The number of ketones is 1. The van der Waals surface area contributed by atoms with Gasteiger partial charge in [0.15, 0.2) is 10.8 Å². The first-order valence-corrected chi connectivity index (χ1v) is 2.37. The van der Waals surface area contributed by atoms with Crippen molar-refractivity contribution in [1.82, 2.24) is 0 Å². The van der Waals surface area contributed by atoms with Crippen LogP contribution < -0.4 is 0 Å². The summed E-state index contributed by atoms with van der Waals surface area (Å²) in [6.45, 7) is 0.193. The minimum Gasteiger partial charge on any atom is -0.479 e. The van der Waals surface area contributed by atoms with Gasteiger partial charge in [0.05, 0.1) is 6.42 Å². The Morgan fingerprint density at radius 2 is 2.43 bits per heavy atom. The van der Waals surface area contributed by atoms with Crippen LogP contribution in [0.25, 0.3) is 0 Å². The first kappa shape index (κ1) is 4.71. The van der Waals surface area contributed by atoms with Gasteiger partial charge in [0.25, 0.3) is 0 Å². The average molecular weight is 116 g/mol. The molecule has 0 bridgehead atoms.